The predicted molar refractivity (Wildman–Crippen MR) is 35.8 cm³/mol. The standard InChI is InChI=1S/C5H9N2O3.K/c1-4(8)5(2,3)7(10)6-9;/h1-3H3;/q-1;+1. The third-order valence-corrected chi connectivity index (χ3v) is 1.41. The van der Waals surface area contributed by atoms with Gasteiger partial charge in [-0.2, -0.15) is 0 Å². The molecule has 0 aromatic rings. The topological polar surface area (TPSA) is 72.8 Å². The van der Waals surface area contributed by atoms with Crippen LogP contribution in [0.2, 0.25) is 0 Å². The van der Waals surface area contributed by atoms with Crippen molar-refractivity contribution >= 4 is 5.78 Å². The van der Waals surface area contributed by atoms with E-state index in [1.807, 2.05) is 0 Å². The van der Waals surface area contributed by atoms with E-state index < -0.39 is 5.54 Å². The summed E-state index contributed by atoms with van der Waals surface area (Å²) in [7, 11) is 0. The summed E-state index contributed by atoms with van der Waals surface area (Å²) >= 11 is 0. The third-order valence-electron chi connectivity index (χ3n) is 1.41. The van der Waals surface area contributed by atoms with Gasteiger partial charge < -0.3 is 10.4 Å². The fourth-order valence-electron chi connectivity index (χ4n) is 0.237. The molecule has 0 amide bonds. The van der Waals surface area contributed by atoms with E-state index in [1.165, 1.54) is 20.8 Å². The molecule has 11 heavy (non-hydrogen) atoms. The molecule has 6 heteroatoms. The van der Waals surface area contributed by atoms with Gasteiger partial charge in [0.25, 0.3) is 0 Å². The molecule has 0 aromatic carbocycles. The summed E-state index contributed by atoms with van der Waals surface area (Å²) in [4.78, 5) is 20.3. The van der Waals surface area contributed by atoms with Gasteiger partial charge in [0.1, 0.15) is 5.54 Å². The maximum absolute atomic E-state index is 10.6. The SMILES string of the molecule is CC(=O)C(C)(C)N([O-])N=O.[K+]. The van der Waals surface area contributed by atoms with Gasteiger partial charge in [-0.05, 0) is 20.8 Å². The Morgan fingerprint density at radius 3 is 2.00 bits per heavy atom. The average molecular weight is 184 g/mol. The normalized spacial score (nSPS) is 9.82. The second-order valence-corrected chi connectivity index (χ2v) is 2.47. The van der Waals surface area contributed by atoms with Gasteiger partial charge in [0.15, 0.2) is 5.78 Å². The van der Waals surface area contributed by atoms with Crippen LogP contribution in [0.25, 0.3) is 0 Å². The van der Waals surface area contributed by atoms with Gasteiger partial charge >= 0.3 is 51.4 Å². The van der Waals surface area contributed by atoms with Gasteiger partial charge in [-0.15, -0.1) is 4.91 Å². The first-order valence-corrected chi connectivity index (χ1v) is 2.74. The minimum atomic E-state index is -1.33. The number of Topliss-reactive ketones (excluding diaryl/α,β-unsaturated/α-hetero) is 1. The molecule has 0 radical (unpaired) electrons. The molecule has 0 rings (SSSR count). The molecule has 5 nitrogen and oxygen atoms in total. The fraction of sp³-hybridized carbons (Fsp3) is 0.800. The van der Waals surface area contributed by atoms with Crippen molar-refractivity contribution in [2.45, 2.75) is 26.3 Å². The van der Waals surface area contributed by atoms with Gasteiger partial charge in [-0.1, -0.05) is 0 Å². The smallest absolute Gasteiger partial charge is 0.739 e. The summed E-state index contributed by atoms with van der Waals surface area (Å²) in [5.41, 5.74) is -1.33. The summed E-state index contributed by atoms with van der Waals surface area (Å²) in [6.07, 6.45) is 0. The third kappa shape index (κ3) is 3.72. The molecule has 0 bridgehead atoms. The van der Waals surface area contributed by atoms with E-state index in [1.54, 1.807) is 0 Å². The number of carbonyl (C=O) groups excluding carboxylic acids is 1. The minimum Gasteiger partial charge on any atom is -0.739 e. The fourth-order valence-corrected chi connectivity index (χ4v) is 0.237. The molecule has 0 atom stereocenters. The number of hydrogen-bond acceptors (Lipinski definition) is 4. The van der Waals surface area contributed by atoms with Crippen LogP contribution in [0.15, 0.2) is 5.29 Å². The largest absolute Gasteiger partial charge is 1.00 e. The Kier molecular flexibility index (Phi) is 6.89. The molecule has 0 spiro atoms. The molecule has 0 heterocycles. The first-order valence-electron chi connectivity index (χ1n) is 2.74. The van der Waals surface area contributed by atoms with E-state index in [0.717, 1.165) is 0 Å². The van der Waals surface area contributed by atoms with E-state index in [2.05, 4.69) is 5.29 Å². The molecule has 0 saturated carbocycles. The van der Waals surface area contributed by atoms with E-state index in [4.69, 9.17) is 0 Å². The molecular formula is C5H9KN2O3. The van der Waals surface area contributed by atoms with Crippen LogP contribution in [-0.2, 0) is 4.79 Å². The van der Waals surface area contributed by atoms with Crippen LogP contribution in [0.5, 0.6) is 0 Å². The van der Waals surface area contributed by atoms with Crippen molar-refractivity contribution in [1.82, 2.24) is 5.17 Å². The van der Waals surface area contributed by atoms with Crippen molar-refractivity contribution in [3.63, 3.8) is 0 Å². The Bertz CT molecular complexity index is 160. The Hall–Kier alpha value is 0.666. The van der Waals surface area contributed by atoms with Crippen molar-refractivity contribution in [2.24, 2.45) is 5.29 Å². The van der Waals surface area contributed by atoms with Crippen LogP contribution in [-0.4, -0.2) is 16.5 Å². The molecule has 0 unspecified atom stereocenters. The zero-order valence-electron chi connectivity index (χ0n) is 7.12. The number of ketones is 1. The Morgan fingerprint density at radius 2 is 1.91 bits per heavy atom. The Labute approximate surface area is 107 Å². The van der Waals surface area contributed by atoms with Gasteiger partial charge in [-0.3, -0.25) is 4.79 Å². The molecular weight excluding hydrogens is 175 g/mol. The van der Waals surface area contributed by atoms with Crippen LogP contribution in [0.1, 0.15) is 20.8 Å². The predicted octanol–water partition coefficient (Wildman–Crippen LogP) is -2.16. The molecule has 0 fully saturated rings. The average Bonchev–Trinajstić information content (AvgIpc) is 1.86. The first kappa shape index (κ1) is 14.2. The Morgan fingerprint density at radius 1 is 1.55 bits per heavy atom. The van der Waals surface area contributed by atoms with Crippen LogP contribution in [0.4, 0.5) is 0 Å². The second-order valence-electron chi connectivity index (χ2n) is 2.47. The van der Waals surface area contributed by atoms with Crippen molar-refractivity contribution in [3.05, 3.63) is 10.1 Å². The van der Waals surface area contributed by atoms with Crippen molar-refractivity contribution in [2.75, 3.05) is 0 Å². The van der Waals surface area contributed by atoms with E-state index in [9.17, 15) is 14.9 Å². The summed E-state index contributed by atoms with van der Waals surface area (Å²) in [6.45, 7) is 3.91. The quantitative estimate of drug-likeness (QED) is 0.284. The zero-order valence-corrected chi connectivity index (χ0v) is 10.2. The van der Waals surface area contributed by atoms with Crippen LogP contribution in [0.3, 0.4) is 0 Å². The van der Waals surface area contributed by atoms with Crippen molar-refractivity contribution in [3.8, 4) is 0 Å². The van der Waals surface area contributed by atoms with Crippen LogP contribution >= 0.6 is 0 Å². The van der Waals surface area contributed by atoms with Gasteiger partial charge in [0.05, 0.1) is 0 Å². The monoisotopic (exact) mass is 184 g/mol. The van der Waals surface area contributed by atoms with E-state index >= 15 is 0 Å². The molecule has 0 aromatic heterocycles. The first-order chi connectivity index (χ1) is 4.42. The van der Waals surface area contributed by atoms with Gasteiger partial charge in [0.2, 0.25) is 0 Å². The number of carbonyl (C=O) groups is 1. The summed E-state index contributed by atoms with van der Waals surface area (Å²) < 4.78 is 0. The van der Waals surface area contributed by atoms with Crippen LogP contribution in [0, 0.1) is 10.1 Å². The summed E-state index contributed by atoms with van der Waals surface area (Å²) in [6, 6.07) is 0. The van der Waals surface area contributed by atoms with Gasteiger partial charge in [-0.25, -0.2) is 0 Å². The Balaban J connectivity index is 0. The number of hydrogen-bond donors (Lipinski definition) is 0. The molecule has 0 saturated heterocycles. The van der Waals surface area contributed by atoms with E-state index in [-0.39, 0.29) is 62.3 Å². The number of hydroxylamine groups is 1. The maximum atomic E-state index is 10.6. The molecule has 58 valence electrons. The van der Waals surface area contributed by atoms with Crippen molar-refractivity contribution in [1.29, 1.82) is 0 Å². The minimum absolute atomic E-state index is 0. The summed E-state index contributed by atoms with van der Waals surface area (Å²) in [5.74, 6) is -0.387. The van der Waals surface area contributed by atoms with Crippen molar-refractivity contribution < 1.29 is 56.2 Å². The summed E-state index contributed by atoms with van der Waals surface area (Å²) in [5, 5.41) is 12.4. The maximum Gasteiger partial charge on any atom is 1.00 e. The molecule has 0 aliphatic rings. The van der Waals surface area contributed by atoms with Crippen LogP contribution < -0.4 is 51.4 Å². The molecule has 0 N–H and O–H groups in total. The number of nitrogens with zero attached hydrogens (tertiary/aromatic N) is 2. The van der Waals surface area contributed by atoms with E-state index in [0.29, 0.717) is 0 Å². The molecule has 0 aliphatic heterocycles. The zero-order chi connectivity index (χ0) is 8.36. The number of nitroso groups, excluding NO2 is 1. The second kappa shape index (κ2) is 5.34. The molecule has 0 aliphatic carbocycles. The number of rotatable bonds is 3. The van der Waals surface area contributed by atoms with Gasteiger partial charge in [0, 0.05) is 5.29 Å².